The van der Waals surface area contributed by atoms with E-state index >= 15 is 0 Å². The maximum absolute atomic E-state index is 13.4. The number of carbonyl (C=O) groups excluding carboxylic acids is 1. The Hall–Kier alpha value is -3.02. The number of rotatable bonds is 7. The number of benzene rings is 2. The van der Waals surface area contributed by atoms with Gasteiger partial charge in [-0.15, -0.1) is 0 Å². The van der Waals surface area contributed by atoms with E-state index in [-0.39, 0.29) is 5.97 Å². The highest BCUT2D eigenvalue weighted by atomic mass is 35.5. The van der Waals surface area contributed by atoms with E-state index in [0.717, 1.165) is 24.0 Å². The van der Waals surface area contributed by atoms with Crippen LogP contribution in [0.25, 0.3) is 11.8 Å². The molecule has 0 amide bonds. The van der Waals surface area contributed by atoms with Crippen LogP contribution in [0.1, 0.15) is 35.1 Å². The van der Waals surface area contributed by atoms with Gasteiger partial charge in [-0.25, -0.2) is 0 Å². The summed E-state index contributed by atoms with van der Waals surface area (Å²) in [6.45, 7) is 2.02. The Labute approximate surface area is 202 Å². The summed E-state index contributed by atoms with van der Waals surface area (Å²) < 4.78 is 16.8. The Morgan fingerprint density at radius 3 is 2.18 bits per heavy atom. The van der Waals surface area contributed by atoms with Crippen LogP contribution in [0.3, 0.4) is 0 Å². The summed E-state index contributed by atoms with van der Waals surface area (Å²) in [5.74, 6) is 1.04. The van der Waals surface area contributed by atoms with Gasteiger partial charge in [-0.05, 0) is 49.6 Å². The van der Waals surface area contributed by atoms with Crippen molar-refractivity contribution in [2.75, 3.05) is 14.2 Å². The van der Waals surface area contributed by atoms with E-state index in [4.69, 9.17) is 37.4 Å². The lowest BCUT2D eigenvalue weighted by Gasteiger charge is -2.18. The third-order valence-corrected chi connectivity index (χ3v) is 6.38. The summed E-state index contributed by atoms with van der Waals surface area (Å²) in [7, 11) is 3.10. The van der Waals surface area contributed by atoms with Crippen molar-refractivity contribution in [2.45, 2.75) is 25.2 Å². The van der Waals surface area contributed by atoms with E-state index in [1.165, 1.54) is 12.4 Å². The van der Waals surface area contributed by atoms with E-state index in [1.54, 1.807) is 38.5 Å². The second-order valence-electron chi connectivity index (χ2n) is 7.93. The van der Waals surface area contributed by atoms with Gasteiger partial charge in [-0.1, -0.05) is 53.0 Å². The zero-order chi connectivity index (χ0) is 23.6. The molecule has 170 valence electrons. The predicted molar refractivity (Wildman–Crippen MR) is 130 cm³/mol. The zero-order valence-electron chi connectivity index (χ0n) is 18.5. The number of ether oxygens (including phenoxy) is 3. The van der Waals surface area contributed by atoms with Crippen molar-refractivity contribution in [1.29, 1.82) is 0 Å². The lowest BCUT2D eigenvalue weighted by molar-refractivity contribution is -0.139. The first-order valence-corrected chi connectivity index (χ1v) is 11.2. The molecule has 0 saturated heterocycles. The van der Waals surface area contributed by atoms with Gasteiger partial charge in [-0.2, -0.15) is 0 Å². The third-order valence-electron chi connectivity index (χ3n) is 5.78. The number of pyridine rings is 1. The van der Waals surface area contributed by atoms with E-state index in [9.17, 15) is 4.79 Å². The molecular formula is C26H23Cl2NO4. The second kappa shape index (κ2) is 9.46. The smallest absolute Gasteiger partial charge is 0.321 e. The molecule has 1 saturated carbocycles. The quantitative estimate of drug-likeness (QED) is 0.284. The summed E-state index contributed by atoms with van der Waals surface area (Å²) in [6.07, 6.45) is 6.08. The summed E-state index contributed by atoms with van der Waals surface area (Å²) in [5.41, 5.74) is 2.55. The second-order valence-corrected chi connectivity index (χ2v) is 8.75. The van der Waals surface area contributed by atoms with Crippen LogP contribution in [-0.2, 0) is 14.9 Å². The van der Waals surface area contributed by atoms with Crippen LogP contribution in [0, 0.1) is 6.92 Å². The Kier molecular flexibility index (Phi) is 6.63. The number of halogens is 2. The van der Waals surface area contributed by atoms with Gasteiger partial charge < -0.3 is 14.2 Å². The van der Waals surface area contributed by atoms with Gasteiger partial charge >= 0.3 is 5.97 Å². The molecular weight excluding hydrogens is 461 g/mol. The Balaban J connectivity index is 1.76. The van der Waals surface area contributed by atoms with Crippen LogP contribution in [0.5, 0.6) is 11.5 Å². The van der Waals surface area contributed by atoms with Crippen molar-refractivity contribution in [3.63, 3.8) is 0 Å². The molecule has 4 rings (SSSR count). The first-order chi connectivity index (χ1) is 15.9. The normalized spacial score (nSPS) is 14.5. The monoisotopic (exact) mass is 483 g/mol. The summed E-state index contributed by atoms with van der Waals surface area (Å²) in [4.78, 5) is 17.4. The number of aryl methyl sites for hydroxylation is 1. The lowest BCUT2D eigenvalue weighted by Crippen LogP contribution is -2.22. The van der Waals surface area contributed by atoms with Crippen LogP contribution in [0.2, 0.25) is 10.0 Å². The van der Waals surface area contributed by atoms with Crippen LogP contribution >= 0.6 is 23.2 Å². The molecule has 7 heteroatoms. The number of esters is 1. The molecule has 1 fully saturated rings. The lowest BCUT2D eigenvalue weighted by atomic mass is 9.95. The number of hydrogen-bond donors (Lipinski definition) is 0. The molecule has 0 atom stereocenters. The Bertz CT molecular complexity index is 1200. The molecule has 0 spiro atoms. The maximum Gasteiger partial charge on any atom is 0.321 e. The fourth-order valence-corrected chi connectivity index (χ4v) is 4.13. The van der Waals surface area contributed by atoms with Crippen LogP contribution in [0.4, 0.5) is 0 Å². The van der Waals surface area contributed by atoms with Crippen molar-refractivity contribution >= 4 is 41.0 Å². The molecule has 0 aliphatic heterocycles. The molecule has 0 radical (unpaired) electrons. The maximum atomic E-state index is 13.4. The largest absolute Gasteiger partial charge is 0.493 e. The van der Waals surface area contributed by atoms with E-state index in [2.05, 4.69) is 4.98 Å². The number of carbonyl (C=O) groups is 1. The average Bonchev–Trinajstić information content (AvgIpc) is 3.63. The SMILES string of the molecule is COc1ccc(C(=Cc2c(Cl)cncc2Cl)OC(=O)C2(c3ccc(C)cc3)CC2)cc1OC. The topological polar surface area (TPSA) is 57.7 Å². The summed E-state index contributed by atoms with van der Waals surface area (Å²) >= 11 is 12.7. The molecule has 1 heterocycles. The molecule has 2 aromatic carbocycles. The fourth-order valence-electron chi connectivity index (χ4n) is 3.66. The van der Waals surface area contributed by atoms with Gasteiger partial charge in [0.15, 0.2) is 11.5 Å². The van der Waals surface area contributed by atoms with Gasteiger partial charge in [0.1, 0.15) is 5.76 Å². The van der Waals surface area contributed by atoms with Crippen molar-refractivity contribution in [2.24, 2.45) is 0 Å². The standard InChI is InChI=1S/C26H23Cl2NO4/c1-16-4-7-18(8-5-16)26(10-11-26)25(30)33-23(13-19-20(27)14-29-15-21(19)28)17-6-9-22(31-2)24(12-17)32-3/h4-9,12-15H,10-11H2,1-3H3. The number of nitrogens with zero attached hydrogens (tertiary/aromatic N) is 1. The molecule has 1 aliphatic rings. The van der Waals surface area contributed by atoms with E-state index in [0.29, 0.717) is 38.4 Å². The van der Waals surface area contributed by atoms with Gasteiger partial charge in [0, 0.05) is 23.5 Å². The minimum absolute atomic E-state index is 0.300. The van der Waals surface area contributed by atoms with E-state index < -0.39 is 5.41 Å². The van der Waals surface area contributed by atoms with E-state index in [1.807, 2.05) is 31.2 Å². The first-order valence-electron chi connectivity index (χ1n) is 10.4. The molecule has 3 aromatic rings. The Morgan fingerprint density at radius 2 is 1.61 bits per heavy atom. The molecule has 5 nitrogen and oxygen atoms in total. The molecule has 1 aromatic heterocycles. The minimum atomic E-state index is -0.658. The third kappa shape index (κ3) is 4.70. The number of aromatic nitrogens is 1. The van der Waals surface area contributed by atoms with Crippen molar-refractivity contribution in [3.8, 4) is 11.5 Å². The van der Waals surface area contributed by atoms with Crippen LogP contribution < -0.4 is 9.47 Å². The molecule has 0 unspecified atom stereocenters. The Morgan fingerprint density at radius 1 is 0.970 bits per heavy atom. The van der Waals surface area contributed by atoms with Crippen molar-refractivity contribution in [1.82, 2.24) is 4.98 Å². The molecule has 33 heavy (non-hydrogen) atoms. The van der Waals surface area contributed by atoms with Crippen LogP contribution in [0.15, 0.2) is 54.9 Å². The number of hydrogen-bond acceptors (Lipinski definition) is 5. The van der Waals surface area contributed by atoms with Gasteiger partial charge in [-0.3, -0.25) is 9.78 Å². The highest BCUT2D eigenvalue weighted by Crippen LogP contribution is 2.50. The van der Waals surface area contributed by atoms with Gasteiger partial charge in [0.2, 0.25) is 0 Å². The zero-order valence-corrected chi connectivity index (χ0v) is 20.0. The highest BCUT2D eigenvalue weighted by molar-refractivity contribution is 6.37. The first kappa shape index (κ1) is 23.1. The van der Waals surface area contributed by atoms with Gasteiger partial charge in [0.25, 0.3) is 0 Å². The average molecular weight is 484 g/mol. The van der Waals surface area contributed by atoms with Crippen molar-refractivity contribution in [3.05, 3.63) is 87.2 Å². The molecule has 0 N–H and O–H groups in total. The fraction of sp³-hybridized carbons (Fsp3) is 0.231. The van der Waals surface area contributed by atoms with Gasteiger partial charge in [0.05, 0.1) is 29.7 Å². The van der Waals surface area contributed by atoms with Crippen molar-refractivity contribution < 1.29 is 19.0 Å². The highest BCUT2D eigenvalue weighted by Gasteiger charge is 2.53. The minimum Gasteiger partial charge on any atom is -0.493 e. The summed E-state index contributed by atoms with van der Waals surface area (Å²) in [6, 6.07) is 13.3. The molecule has 0 bridgehead atoms. The molecule has 1 aliphatic carbocycles. The summed E-state index contributed by atoms with van der Waals surface area (Å²) in [5, 5.41) is 0.687. The number of methoxy groups -OCH3 is 2. The predicted octanol–water partition coefficient (Wildman–Crippen LogP) is 6.49. The van der Waals surface area contributed by atoms with Crippen LogP contribution in [-0.4, -0.2) is 25.2 Å².